The average molecular weight is 600 g/mol. The van der Waals surface area contributed by atoms with E-state index in [2.05, 4.69) is 143 Å². The minimum absolute atomic E-state index is 0.615. The fourth-order valence-corrected chi connectivity index (χ4v) is 7.57. The topological polar surface area (TPSA) is 46.8 Å². The van der Waals surface area contributed by atoms with E-state index in [1.807, 2.05) is 24.3 Å². The fraction of sp³-hybridized carbons (Fsp3) is 0. The predicted molar refractivity (Wildman–Crippen MR) is 193 cm³/mol. The summed E-state index contributed by atoms with van der Waals surface area (Å²) in [4.78, 5) is 0. The summed E-state index contributed by atoms with van der Waals surface area (Å²) in [7, 11) is 0. The van der Waals surface area contributed by atoms with Gasteiger partial charge in [-0.15, -0.1) is 0 Å². The Morgan fingerprint density at radius 3 is 1.72 bits per heavy atom. The zero-order valence-electron chi connectivity index (χ0n) is 25.2. The summed E-state index contributed by atoms with van der Waals surface area (Å²) in [5.74, 6) is 0. The van der Waals surface area contributed by atoms with Crippen molar-refractivity contribution in [3.05, 3.63) is 157 Å². The minimum Gasteiger partial charge on any atom is -0.454 e. The number of fused-ring (bicyclic) bond motifs is 10. The number of para-hydroxylation sites is 5. The van der Waals surface area contributed by atoms with Crippen LogP contribution < -0.4 is 0 Å². The number of hydrogen-bond acceptors (Lipinski definition) is 2. The van der Waals surface area contributed by atoms with E-state index in [0.29, 0.717) is 5.56 Å². The minimum atomic E-state index is 0.615. The van der Waals surface area contributed by atoms with Crippen LogP contribution in [0, 0.1) is 11.3 Å². The molecule has 0 spiro atoms. The summed E-state index contributed by atoms with van der Waals surface area (Å²) in [6.07, 6.45) is 0. The molecule has 7 aromatic carbocycles. The van der Waals surface area contributed by atoms with Crippen molar-refractivity contribution in [2.24, 2.45) is 0 Å². The predicted octanol–water partition coefficient (Wildman–Crippen LogP) is 11.3. The maximum atomic E-state index is 10.1. The first kappa shape index (κ1) is 25.7. The van der Waals surface area contributed by atoms with E-state index in [-0.39, 0.29) is 0 Å². The SMILES string of the molecule is N#Cc1ccc(-c2ccccc2-n2c3ccccc3c3ccc4c5ccccc5oc4c32)c(-n2c3ccccc3c3ccccc32)c1. The molecule has 47 heavy (non-hydrogen) atoms. The third-order valence-corrected chi connectivity index (χ3v) is 9.56. The Morgan fingerprint density at radius 1 is 0.447 bits per heavy atom. The van der Waals surface area contributed by atoms with Crippen molar-refractivity contribution in [1.82, 2.24) is 9.13 Å². The smallest absolute Gasteiger partial charge is 0.160 e. The molecule has 0 aliphatic rings. The highest BCUT2D eigenvalue weighted by Gasteiger charge is 2.22. The van der Waals surface area contributed by atoms with Crippen LogP contribution in [0.1, 0.15) is 5.56 Å². The van der Waals surface area contributed by atoms with E-state index in [4.69, 9.17) is 4.42 Å². The van der Waals surface area contributed by atoms with Gasteiger partial charge in [-0.25, -0.2) is 0 Å². The van der Waals surface area contributed by atoms with Gasteiger partial charge in [0.05, 0.1) is 45.1 Å². The Labute approximate surface area is 269 Å². The number of aromatic nitrogens is 2. The second-order valence-corrected chi connectivity index (χ2v) is 12.0. The average Bonchev–Trinajstić information content (AvgIpc) is 3.79. The molecule has 0 amide bonds. The quantitative estimate of drug-likeness (QED) is 0.203. The highest BCUT2D eigenvalue weighted by Crippen LogP contribution is 2.43. The second-order valence-electron chi connectivity index (χ2n) is 12.0. The zero-order chi connectivity index (χ0) is 31.1. The van der Waals surface area contributed by atoms with Crippen LogP contribution in [0.15, 0.2) is 156 Å². The summed E-state index contributed by atoms with van der Waals surface area (Å²) in [6, 6.07) is 55.3. The van der Waals surface area contributed by atoms with Crippen molar-refractivity contribution < 1.29 is 4.42 Å². The van der Waals surface area contributed by atoms with Crippen LogP contribution in [0.5, 0.6) is 0 Å². The van der Waals surface area contributed by atoms with Crippen molar-refractivity contribution in [2.45, 2.75) is 0 Å². The van der Waals surface area contributed by atoms with Crippen molar-refractivity contribution in [3.8, 4) is 28.6 Å². The first-order chi connectivity index (χ1) is 23.3. The van der Waals surface area contributed by atoms with Crippen molar-refractivity contribution in [1.29, 1.82) is 5.26 Å². The molecule has 0 saturated heterocycles. The Hall–Kier alpha value is -6.57. The Balaban J connectivity index is 1.34. The lowest BCUT2D eigenvalue weighted by atomic mass is 9.99. The number of rotatable bonds is 3. The summed E-state index contributed by atoms with van der Waals surface area (Å²) in [5, 5.41) is 17.0. The third kappa shape index (κ3) is 3.57. The van der Waals surface area contributed by atoms with Crippen molar-refractivity contribution in [2.75, 3.05) is 0 Å². The molecular formula is C43H25N3O. The van der Waals surface area contributed by atoms with Gasteiger partial charge in [-0.05, 0) is 48.5 Å². The van der Waals surface area contributed by atoms with Crippen LogP contribution >= 0.6 is 0 Å². The van der Waals surface area contributed by atoms with E-state index in [1.54, 1.807) is 0 Å². The van der Waals surface area contributed by atoms with Gasteiger partial charge < -0.3 is 13.6 Å². The van der Waals surface area contributed by atoms with Crippen LogP contribution in [0.4, 0.5) is 0 Å². The molecule has 0 fully saturated rings. The largest absolute Gasteiger partial charge is 0.454 e. The first-order valence-electron chi connectivity index (χ1n) is 15.8. The summed E-state index contributed by atoms with van der Waals surface area (Å²) >= 11 is 0. The molecule has 4 nitrogen and oxygen atoms in total. The van der Waals surface area contributed by atoms with Crippen LogP contribution in [0.3, 0.4) is 0 Å². The maximum absolute atomic E-state index is 10.1. The molecule has 218 valence electrons. The van der Waals surface area contributed by atoms with Crippen molar-refractivity contribution >= 4 is 65.6 Å². The number of benzene rings is 7. The van der Waals surface area contributed by atoms with E-state index >= 15 is 0 Å². The van der Waals surface area contributed by atoms with Gasteiger partial charge in [0, 0.05) is 43.4 Å². The Kier molecular flexibility index (Phi) is 5.32. The highest BCUT2D eigenvalue weighted by atomic mass is 16.3. The zero-order valence-corrected chi connectivity index (χ0v) is 25.2. The number of nitriles is 1. The van der Waals surface area contributed by atoms with Gasteiger partial charge in [-0.2, -0.15) is 5.26 Å². The van der Waals surface area contributed by atoms with Gasteiger partial charge in [0.15, 0.2) is 5.58 Å². The highest BCUT2D eigenvalue weighted by molar-refractivity contribution is 6.21. The lowest BCUT2D eigenvalue weighted by Crippen LogP contribution is -2.02. The molecule has 0 radical (unpaired) electrons. The van der Waals surface area contributed by atoms with Gasteiger partial charge >= 0.3 is 0 Å². The molecule has 10 aromatic rings. The van der Waals surface area contributed by atoms with Gasteiger partial charge in [-0.3, -0.25) is 0 Å². The Bertz CT molecular complexity index is 2880. The molecule has 0 unspecified atom stereocenters. The van der Waals surface area contributed by atoms with Gasteiger partial charge in [0.1, 0.15) is 5.58 Å². The molecule has 3 aromatic heterocycles. The van der Waals surface area contributed by atoms with Crippen LogP contribution in [-0.4, -0.2) is 9.13 Å². The molecule has 0 atom stereocenters. The van der Waals surface area contributed by atoms with Crippen LogP contribution in [0.25, 0.3) is 88.1 Å². The molecule has 0 bridgehead atoms. The standard InChI is InChI=1S/C43H25N3O/c44-26-27-21-22-32(40(25-27)45-36-16-6-1-11-28(36)29-12-2-7-17-37(29)45)30-13-3-8-18-38(30)46-39-19-9-4-14-31(39)34-23-24-35-33-15-5-10-20-41(33)47-43(35)42(34)46/h1-25H. The molecule has 0 aliphatic heterocycles. The third-order valence-electron chi connectivity index (χ3n) is 9.56. The lowest BCUT2D eigenvalue weighted by molar-refractivity contribution is 0.671. The van der Waals surface area contributed by atoms with E-state index in [0.717, 1.165) is 71.9 Å². The van der Waals surface area contributed by atoms with E-state index in [9.17, 15) is 5.26 Å². The lowest BCUT2D eigenvalue weighted by Gasteiger charge is -2.18. The van der Waals surface area contributed by atoms with Gasteiger partial charge in [0.25, 0.3) is 0 Å². The van der Waals surface area contributed by atoms with Crippen molar-refractivity contribution in [3.63, 3.8) is 0 Å². The molecule has 4 heteroatoms. The summed E-state index contributed by atoms with van der Waals surface area (Å²) in [5.41, 5.74) is 10.8. The van der Waals surface area contributed by atoms with Crippen LogP contribution in [-0.2, 0) is 0 Å². The monoisotopic (exact) mass is 599 g/mol. The summed E-state index contributed by atoms with van der Waals surface area (Å²) < 4.78 is 11.3. The molecule has 0 saturated carbocycles. The molecular weight excluding hydrogens is 574 g/mol. The normalized spacial score (nSPS) is 11.8. The van der Waals surface area contributed by atoms with E-state index < -0.39 is 0 Å². The maximum Gasteiger partial charge on any atom is 0.160 e. The number of nitrogens with zero attached hydrogens (tertiary/aromatic N) is 3. The summed E-state index contributed by atoms with van der Waals surface area (Å²) in [6.45, 7) is 0. The second kappa shape index (κ2) is 9.71. The molecule has 0 N–H and O–H groups in total. The fourth-order valence-electron chi connectivity index (χ4n) is 7.57. The number of furan rings is 1. The molecule has 10 rings (SSSR count). The van der Waals surface area contributed by atoms with Crippen LogP contribution in [0.2, 0.25) is 0 Å². The Morgan fingerprint density at radius 2 is 1.00 bits per heavy atom. The van der Waals surface area contributed by atoms with Gasteiger partial charge in [0.2, 0.25) is 0 Å². The first-order valence-corrected chi connectivity index (χ1v) is 15.8. The molecule has 0 aliphatic carbocycles. The molecule has 3 heterocycles. The number of hydrogen-bond donors (Lipinski definition) is 0. The van der Waals surface area contributed by atoms with Gasteiger partial charge in [-0.1, -0.05) is 103 Å². The van der Waals surface area contributed by atoms with E-state index in [1.165, 1.54) is 16.2 Å².